The molecular formula is C13H15N3O. The molecular weight excluding hydrogens is 214 g/mol. The van der Waals surface area contributed by atoms with Crippen molar-refractivity contribution in [3.63, 3.8) is 0 Å². The predicted molar refractivity (Wildman–Crippen MR) is 67.1 cm³/mol. The Kier molecular flexibility index (Phi) is 2.28. The van der Waals surface area contributed by atoms with E-state index in [1.807, 2.05) is 23.9 Å². The van der Waals surface area contributed by atoms with E-state index in [-0.39, 0.29) is 5.75 Å². The molecule has 1 aliphatic heterocycles. The maximum Gasteiger partial charge on any atom is 0.116 e. The van der Waals surface area contributed by atoms with Crippen LogP contribution in [0.4, 0.5) is 5.69 Å². The number of nitrogens with zero attached hydrogens (tertiary/aromatic N) is 2. The molecule has 4 nitrogen and oxygen atoms in total. The summed E-state index contributed by atoms with van der Waals surface area (Å²) < 4.78 is 1.95. The molecule has 0 bridgehead atoms. The molecule has 0 amide bonds. The van der Waals surface area contributed by atoms with Crippen molar-refractivity contribution in [2.24, 2.45) is 7.05 Å². The van der Waals surface area contributed by atoms with Crippen LogP contribution in [0.5, 0.6) is 5.75 Å². The molecule has 0 fully saturated rings. The van der Waals surface area contributed by atoms with E-state index in [1.165, 1.54) is 5.69 Å². The second-order valence-corrected chi connectivity index (χ2v) is 4.37. The molecule has 0 radical (unpaired) electrons. The van der Waals surface area contributed by atoms with Gasteiger partial charge in [0.25, 0.3) is 0 Å². The number of fused-ring (bicyclic) bond motifs is 1. The van der Waals surface area contributed by atoms with Crippen molar-refractivity contribution in [2.75, 3.05) is 11.9 Å². The Hall–Kier alpha value is -1.97. The molecule has 2 aromatic rings. The number of aromatic hydroxyl groups is 1. The maximum atomic E-state index is 9.31. The molecule has 88 valence electrons. The first-order chi connectivity index (χ1) is 8.25. The third-order valence-corrected chi connectivity index (χ3v) is 3.20. The Morgan fingerprint density at radius 1 is 1.29 bits per heavy atom. The van der Waals surface area contributed by atoms with Gasteiger partial charge >= 0.3 is 0 Å². The lowest BCUT2D eigenvalue weighted by Gasteiger charge is -2.15. The van der Waals surface area contributed by atoms with E-state index in [9.17, 15) is 5.11 Å². The molecule has 0 saturated carbocycles. The summed E-state index contributed by atoms with van der Waals surface area (Å²) in [6.45, 7) is 1.00. The minimum atomic E-state index is 0.284. The largest absolute Gasteiger partial charge is 0.508 e. The Morgan fingerprint density at radius 3 is 2.82 bits per heavy atom. The van der Waals surface area contributed by atoms with Crippen molar-refractivity contribution in [3.8, 4) is 17.0 Å². The lowest BCUT2D eigenvalue weighted by atomic mass is 10.1. The number of nitrogens with one attached hydrogen (secondary N) is 1. The summed E-state index contributed by atoms with van der Waals surface area (Å²) in [7, 11) is 1.98. The van der Waals surface area contributed by atoms with Crippen LogP contribution in [0.3, 0.4) is 0 Å². The molecule has 17 heavy (non-hydrogen) atoms. The Morgan fingerprint density at radius 2 is 2.06 bits per heavy atom. The maximum absolute atomic E-state index is 9.31. The van der Waals surface area contributed by atoms with Crippen LogP contribution in [0.15, 0.2) is 24.3 Å². The normalized spacial score (nSPS) is 14.2. The molecule has 1 aromatic carbocycles. The third kappa shape index (κ3) is 1.65. The summed E-state index contributed by atoms with van der Waals surface area (Å²) in [4.78, 5) is 0. The molecule has 2 heterocycles. The molecule has 0 spiro atoms. The topological polar surface area (TPSA) is 50.1 Å². The van der Waals surface area contributed by atoms with Gasteiger partial charge in [-0.05, 0) is 37.1 Å². The number of phenolic OH excluding ortho intramolecular Hbond substituents is 1. The highest BCUT2D eigenvalue weighted by Crippen LogP contribution is 2.33. The van der Waals surface area contributed by atoms with Crippen molar-refractivity contribution >= 4 is 5.69 Å². The van der Waals surface area contributed by atoms with Gasteiger partial charge in [0.2, 0.25) is 0 Å². The van der Waals surface area contributed by atoms with Gasteiger partial charge in [0, 0.05) is 19.2 Å². The number of hydrogen-bond donors (Lipinski definition) is 2. The highest BCUT2D eigenvalue weighted by molar-refractivity contribution is 5.77. The third-order valence-electron chi connectivity index (χ3n) is 3.20. The molecule has 1 aromatic heterocycles. The van der Waals surface area contributed by atoms with E-state index in [1.54, 1.807) is 12.1 Å². The van der Waals surface area contributed by atoms with Crippen LogP contribution < -0.4 is 5.32 Å². The Balaban J connectivity index is 2.11. The van der Waals surface area contributed by atoms with E-state index in [2.05, 4.69) is 10.4 Å². The standard InChI is InChI=1S/C13H15N3O/c1-16-11-3-2-8-14-13(11)12(15-16)9-4-6-10(17)7-5-9/h4-7,14,17H,2-3,8H2,1H3. The number of phenols is 1. The first-order valence-corrected chi connectivity index (χ1v) is 5.85. The fraction of sp³-hybridized carbons (Fsp3) is 0.308. The molecule has 0 aliphatic carbocycles. The van der Waals surface area contributed by atoms with Crippen LogP contribution in [0.2, 0.25) is 0 Å². The Bertz CT molecular complexity index is 543. The molecule has 0 unspecified atom stereocenters. The van der Waals surface area contributed by atoms with Gasteiger partial charge in [-0.25, -0.2) is 0 Å². The second-order valence-electron chi connectivity index (χ2n) is 4.37. The lowest BCUT2D eigenvalue weighted by molar-refractivity contribution is 0.475. The van der Waals surface area contributed by atoms with Crippen LogP contribution >= 0.6 is 0 Å². The van der Waals surface area contributed by atoms with E-state index >= 15 is 0 Å². The molecule has 2 N–H and O–H groups in total. The zero-order valence-electron chi connectivity index (χ0n) is 9.77. The fourth-order valence-corrected chi connectivity index (χ4v) is 2.32. The second kappa shape index (κ2) is 3.80. The van der Waals surface area contributed by atoms with Crippen molar-refractivity contribution in [1.82, 2.24) is 9.78 Å². The number of aromatic nitrogens is 2. The van der Waals surface area contributed by atoms with Gasteiger partial charge in [-0.1, -0.05) is 0 Å². The molecule has 0 atom stereocenters. The molecule has 4 heteroatoms. The number of aryl methyl sites for hydroxylation is 1. The van der Waals surface area contributed by atoms with E-state index in [4.69, 9.17) is 0 Å². The summed E-state index contributed by atoms with van der Waals surface area (Å²) >= 11 is 0. The average molecular weight is 229 g/mol. The van der Waals surface area contributed by atoms with Crippen molar-refractivity contribution < 1.29 is 5.11 Å². The zero-order chi connectivity index (χ0) is 11.8. The minimum Gasteiger partial charge on any atom is -0.508 e. The predicted octanol–water partition coefficient (Wildman–Crippen LogP) is 2.15. The SMILES string of the molecule is Cn1nc(-c2ccc(O)cc2)c2c1CCCN2. The summed E-state index contributed by atoms with van der Waals surface area (Å²) in [6, 6.07) is 7.18. The summed E-state index contributed by atoms with van der Waals surface area (Å²) in [5.74, 6) is 0.284. The molecule has 0 saturated heterocycles. The van der Waals surface area contributed by atoms with Gasteiger partial charge < -0.3 is 10.4 Å². The summed E-state index contributed by atoms with van der Waals surface area (Å²) in [5.41, 5.74) is 4.42. The first kappa shape index (κ1) is 10.2. The van der Waals surface area contributed by atoms with E-state index in [0.29, 0.717) is 0 Å². The minimum absolute atomic E-state index is 0.284. The number of hydrogen-bond acceptors (Lipinski definition) is 3. The van der Waals surface area contributed by atoms with Gasteiger partial charge in [-0.2, -0.15) is 5.10 Å². The number of benzene rings is 1. The van der Waals surface area contributed by atoms with Crippen LogP contribution in [0, 0.1) is 0 Å². The fourth-order valence-electron chi connectivity index (χ4n) is 2.32. The zero-order valence-corrected chi connectivity index (χ0v) is 9.77. The van der Waals surface area contributed by atoms with E-state index < -0.39 is 0 Å². The van der Waals surface area contributed by atoms with Gasteiger partial charge in [0.1, 0.15) is 11.4 Å². The van der Waals surface area contributed by atoms with Crippen LogP contribution in [-0.2, 0) is 13.5 Å². The quantitative estimate of drug-likeness (QED) is 0.787. The van der Waals surface area contributed by atoms with Gasteiger partial charge in [0.05, 0.1) is 11.4 Å². The van der Waals surface area contributed by atoms with Gasteiger partial charge in [0.15, 0.2) is 0 Å². The molecule has 1 aliphatic rings. The van der Waals surface area contributed by atoms with Gasteiger partial charge in [-0.3, -0.25) is 4.68 Å². The molecule has 3 rings (SSSR count). The van der Waals surface area contributed by atoms with E-state index in [0.717, 1.165) is 36.3 Å². The van der Waals surface area contributed by atoms with Crippen LogP contribution in [0.1, 0.15) is 12.1 Å². The smallest absolute Gasteiger partial charge is 0.116 e. The average Bonchev–Trinajstić information content (AvgIpc) is 2.69. The first-order valence-electron chi connectivity index (χ1n) is 5.85. The van der Waals surface area contributed by atoms with Crippen molar-refractivity contribution in [2.45, 2.75) is 12.8 Å². The lowest BCUT2D eigenvalue weighted by Crippen LogP contribution is -2.13. The van der Waals surface area contributed by atoms with Crippen LogP contribution in [-0.4, -0.2) is 21.4 Å². The van der Waals surface area contributed by atoms with Gasteiger partial charge in [-0.15, -0.1) is 0 Å². The summed E-state index contributed by atoms with van der Waals surface area (Å²) in [6.07, 6.45) is 2.23. The number of rotatable bonds is 1. The van der Waals surface area contributed by atoms with Crippen molar-refractivity contribution in [1.29, 1.82) is 0 Å². The van der Waals surface area contributed by atoms with Crippen molar-refractivity contribution in [3.05, 3.63) is 30.0 Å². The highest BCUT2D eigenvalue weighted by atomic mass is 16.3. The number of anilines is 1. The monoisotopic (exact) mass is 229 g/mol. The van der Waals surface area contributed by atoms with Crippen LogP contribution in [0.25, 0.3) is 11.3 Å². The Labute approximate surface area is 99.9 Å². The summed E-state index contributed by atoms with van der Waals surface area (Å²) in [5, 5.41) is 17.3. The highest BCUT2D eigenvalue weighted by Gasteiger charge is 2.19.